The summed E-state index contributed by atoms with van der Waals surface area (Å²) >= 11 is 14.3. The molecule has 0 fully saturated rings. The van der Waals surface area contributed by atoms with Crippen LogP contribution in [-0.2, 0) is 0 Å². The molecule has 0 unspecified atom stereocenters. The van der Waals surface area contributed by atoms with Crippen LogP contribution in [0.5, 0.6) is 0 Å². The molecule has 0 aliphatic heterocycles. The standard InChI is InChI=1S/C14H10BrClN2OS/c15-10-4-2-1-3-9(10)14(19)18-12-6-5-8(13(17)20)7-11(12)16/h1-7H,(H2,17,20)(H,18,19). The van der Waals surface area contributed by atoms with E-state index in [1.807, 2.05) is 6.07 Å². The van der Waals surface area contributed by atoms with Crippen molar-refractivity contribution in [1.82, 2.24) is 0 Å². The van der Waals surface area contributed by atoms with Gasteiger partial charge in [-0.15, -0.1) is 0 Å². The Morgan fingerprint density at radius 3 is 2.55 bits per heavy atom. The lowest BCUT2D eigenvalue weighted by Crippen LogP contribution is -2.14. The van der Waals surface area contributed by atoms with Gasteiger partial charge in [0.15, 0.2) is 0 Å². The maximum atomic E-state index is 12.2. The molecule has 0 saturated carbocycles. The highest BCUT2D eigenvalue weighted by Crippen LogP contribution is 2.25. The highest BCUT2D eigenvalue weighted by Gasteiger charge is 2.11. The van der Waals surface area contributed by atoms with Gasteiger partial charge in [0.05, 0.1) is 16.3 Å². The van der Waals surface area contributed by atoms with Crippen LogP contribution in [0.25, 0.3) is 0 Å². The first-order valence-electron chi connectivity index (χ1n) is 5.64. The molecule has 6 heteroatoms. The van der Waals surface area contributed by atoms with E-state index < -0.39 is 0 Å². The highest BCUT2D eigenvalue weighted by atomic mass is 79.9. The molecule has 0 atom stereocenters. The number of halogens is 2. The summed E-state index contributed by atoms with van der Waals surface area (Å²) in [5.41, 5.74) is 7.22. The Morgan fingerprint density at radius 2 is 1.95 bits per heavy atom. The second-order valence-corrected chi connectivity index (χ2v) is 5.69. The molecule has 1 amide bonds. The minimum atomic E-state index is -0.248. The van der Waals surface area contributed by atoms with Crippen molar-refractivity contribution in [2.24, 2.45) is 5.73 Å². The lowest BCUT2D eigenvalue weighted by molar-refractivity contribution is 0.102. The van der Waals surface area contributed by atoms with Crippen LogP contribution in [-0.4, -0.2) is 10.9 Å². The van der Waals surface area contributed by atoms with Gasteiger partial charge in [0.25, 0.3) is 5.91 Å². The van der Waals surface area contributed by atoms with Crippen molar-refractivity contribution in [3.05, 3.63) is 63.1 Å². The molecule has 0 radical (unpaired) electrons. The number of carbonyl (C=O) groups is 1. The van der Waals surface area contributed by atoms with Crippen molar-refractivity contribution in [1.29, 1.82) is 0 Å². The first-order chi connectivity index (χ1) is 9.49. The van der Waals surface area contributed by atoms with E-state index in [-0.39, 0.29) is 10.9 Å². The fourth-order valence-electron chi connectivity index (χ4n) is 1.60. The van der Waals surface area contributed by atoms with Crippen molar-refractivity contribution in [2.75, 3.05) is 5.32 Å². The predicted octanol–water partition coefficient (Wildman–Crippen LogP) is 3.99. The molecule has 0 aliphatic carbocycles. The van der Waals surface area contributed by atoms with E-state index in [2.05, 4.69) is 21.2 Å². The number of thiocarbonyl (C=S) groups is 1. The third kappa shape index (κ3) is 3.36. The SMILES string of the molecule is NC(=S)c1ccc(NC(=O)c2ccccc2Br)c(Cl)c1. The molecule has 102 valence electrons. The van der Waals surface area contributed by atoms with Crippen molar-refractivity contribution in [3.63, 3.8) is 0 Å². The van der Waals surface area contributed by atoms with Gasteiger partial charge in [-0.2, -0.15) is 0 Å². The summed E-state index contributed by atoms with van der Waals surface area (Å²) in [6, 6.07) is 12.2. The van der Waals surface area contributed by atoms with Crippen LogP contribution >= 0.6 is 39.7 Å². The van der Waals surface area contributed by atoms with Gasteiger partial charge in [-0.3, -0.25) is 4.79 Å². The highest BCUT2D eigenvalue weighted by molar-refractivity contribution is 9.10. The quantitative estimate of drug-likeness (QED) is 0.804. The second-order valence-electron chi connectivity index (χ2n) is 3.99. The summed E-state index contributed by atoms with van der Waals surface area (Å²) in [5.74, 6) is -0.248. The van der Waals surface area contributed by atoms with Crippen LogP contribution in [0.1, 0.15) is 15.9 Å². The third-order valence-electron chi connectivity index (χ3n) is 2.62. The van der Waals surface area contributed by atoms with Gasteiger partial charge in [0.2, 0.25) is 0 Å². The van der Waals surface area contributed by atoms with E-state index in [0.717, 1.165) is 0 Å². The smallest absolute Gasteiger partial charge is 0.256 e. The fourth-order valence-corrected chi connectivity index (χ4v) is 2.42. The zero-order valence-electron chi connectivity index (χ0n) is 10.2. The fraction of sp³-hybridized carbons (Fsp3) is 0. The van der Waals surface area contributed by atoms with Gasteiger partial charge >= 0.3 is 0 Å². The predicted molar refractivity (Wildman–Crippen MR) is 89.4 cm³/mol. The Kier molecular flexibility index (Phi) is 4.75. The Balaban J connectivity index is 2.25. The number of rotatable bonds is 3. The molecule has 0 heterocycles. The molecule has 0 saturated heterocycles. The largest absolute Gasteiger partial charge is 0.389 e. The Bertz CT molecular complexity index is 691. The van der Waals surface area contributed by atoms with Gasteiger partial charge in [-0.05, 0) is 46.3 Å². The third-order valence-corrected chi connectivity index (χ3v) is 3.86. The topological polar surface area (TPSA) is 55.1 Å². The lowest BCUT2D eigenvalue weighted by Gasteiger charge is -2.09. The number of nitrogens with one attached hydrogen (secondary N) is 1. The average Bonchev–Trinajstić information content (AvgIpc) is 2.41. The number of benzene rings is 2. The Hall–Kier alpha value is -1.43. The van der Waals surface area contributed by atoms with Gasteiger partial charge in [0, 0.05) is 10.0 Å². The molecule has 0 bridgehead atoms. The number of amides is 1. The zero-order valence-corrected chi connectivity index (χ0v) is 13.3. The molecular weight excluding hydrogens is 360 g/mol. The molecule has 3 nitrogen and oxygen atoms in total. The van der Waals surface area contributed by atoms with Crippen LogP contribution in [0.4, 0.5) is 5.69 Å². The Labute approximate surface area is 135 Å². The minimum absolute atomic E-state index is 0.248. The summed E-state index contributed by atoms with van der Waals surface area (Å²) in [6.07, 6.45) is 0. The molecule has 2 aromatic carbocycles. The van der Waals surface area contributed by atoms with E-state index in [1.165, 1.54) is 0 Å². The molecule has 0 aliphatic rings. The average molecular weight is 370 g/mol. The first-order valence-corrected chi connectivity index (χ1v) is 7.22. The number of nitrogens with two attached hydrogens (primary N) is 1. The van der Waals surface area contributed by atoms with Crippen molar-refractivity contribution in [3.8, 4) is 0 Å². The maximum Gasteiger partial charge on any atom is 0.256 e. The number of anilines is 1. The minimum Gasteiger partial charge on any atom is -0.389 e. The summed E-state index contributed by atoms with van der Waals surface area (Å²) < 4.78 is 0.716. The van der Waals surface area contributed by atoms with E-state index in [1.54, 1.807) is 36.4 Å². The van der Waals surface area contributed by atoms with Crippen LogP contribution in [0.2, 0.25) is 5.02 Å². The van der Waals surface area contributed by atoms with Crippen molar-refractivity contribution in [2.45, 2.75) is 0 Å². The van der Waals surface area contributed by atoms with E-state index in [4.69, 9.17) is 29.6 Å². The van der Waals surface area contributed by atoms with Crippen molar-refractivity contribution < 1.29 is 4.79 Å². The molecule has 2 aromatic rings. The molecule has 0 aromatic heterocycles. The van der Waals surface area contributed by atoms with Crippen LogP contribution in [0.15, 0.2) is 46.9 Å². The second kappa shape index (κ2) is 6.35. The van der Waals surface area contributed by atoms with Gasteiger partial charge in [-0.25, -0.2) is 0 Å². The van der Waals surface area contributed by atoms with Crippen LogP contribution in [0.3, 0.4) is 0 Å². The molecule has 2 rings (SSSR count). The van der Waals surface area contributed by atoms with Gasteiger partial charge in [0.1, 0.15) is 4.99 Å². The summed E-state index contributed by atoms with van der Waals surface area (Å²) in [7, 11) is 0. The summed E-state index contributed by atoms with van der Waals surface area (Å²) in [5, 5.41) is 3.13. The van der Waals surface area contributed by atoms with Gasteiger partial charge in [-0.1, -0.05) is 36.0 Å². The normalized spacial score (nSPS) is 10.1. The molecule has 20 heavy (non-hydrogen) atoms. The summed E-state index contributed by atoms with van der Waals surface area (Å²) in [6.45, 7) is 0. The van der Waals surface area contributed by atoms with Crippen molar-refractivity contribution >= 4 is 56.3 Å². The molecule has 0 spiro atoms. The number of hydrogen-bond acceptors (Lipinski definition) is 2. The molecular formula is C14H10BrClN2OS. The zero-order chi connectivity index (χ0) is 14.7. The maximum absolute atomic E-state index is 12.2. The molecule has 3 N–H and O–H groups in total. The van der Waals surface area contributed by atoms with E-state index >= 15 is 0 Å². The number of hydrogen-bond donors (Lipinski definition) is 2. The first kappa shape index (κ1) is 15.0. The Morgan fingerprint density at radius 1 is 1.25 bits per heavy atom. The van der Waals surface area contributed by atoms with Gasteiger partial charge < -0.3 is 11.1 Å². The lowest BCUT2D eigenvalue weighted by atomic mass is 10.2. The van der Waals surface area contributed by atoms with Crippen LogP contribution < -0.4 is 11.1 Å². The van der Waals surface area contributed by atoms with E-state index in [9.17, 15) is 4.79 Å². The monoisotopic (exact) mass is 368 g/mol. The van der Waals surface area contributed by atoms with Crippen LogP contribution in [0, 0.1) is 0 Å². The number of carbonyl (C=O) groups excluding carboxylic acids is 1. The van der Waals surface area contributed by atoms with E-state index in [0.29, 0.717) is 26.3 Å². The summed E-state index contributed by atoms with van der Waals surface area (Å²) in [4.78, 5) is 12.4.